The number of benzene rings is 1. The maximum atomic E-state index is 12.9. The van der Waals surface area contributed by atoms with Gasteiger partial charge in [-0.25, -0.2) is 8.78 Å². The first-order valence-electron chi connectivity index (χ1n) is 5.81. The molecule has 7 heteroatoms. The van der Waals surface area contributed by atoms with Crippen molar-refractivity contribution in [2.45, 2.75) is 32.2 Å². The average molecular weight is 293 g/mol. The van der Waals surface area contributed by atoms with Crippen LogP contribution >= 0.6 is 0 Å². The Labute approximate surface area is 113 Å². The van der Waals surface area contributed by atoms with Crippen molar-refractivity contribution in [3.05, 3.63) is 29.3 Å². The molecule has 1 atom stereocenters. The molecule has 1 aromatic carbocycles. The fraction of sp³-hybridized carbons (Fsp3) is 0.462. The van der Waals surface area contributed by atoms with Gasteiger partial charge in [-0.1, -0.05) is 17.7 Å². The van der Waals surface area contributed by atoms with Crippen LogP contribution in [-0.2, 0) is 4.79 Å². The second-order valence-corrected chi connectivity index (χ2v) is 4.36. The summed E-state index contributed by atoms with van der Waals surface area (Å²) in [5.74, 6) is -6.35. The smallest absolute Gasteiger partial charge is 0.383 e. The lowest BCUT2D eigenvalue weighted by molar-refractivity contribution is -0.170. The van der Waals surface area contributed by atoms with E-state index in [0.717, 1.165) is 5.56 Å². The monoisotopic (exact) mass is 293 g/mol. The van der Waals surface area contributed by atoms with Crippen molar-refractivity contribution in [1.29, 1.82) is 0 Å². The van der Waals surface area contributed by atoms with Crippen molar-refractivity contribution in [2.75, 3.05) is 7.11 Å². The summed E-state index contributed by atoms with van der Waals surface area (Å²) in [7, 11) is 1.39. The number of hydrogen-bond donors (Lipinski definition) is 1. The molecule has 0 heterocycles. The Kier molecular flexibility index (Phi) is 4.97. The van der Waals surface area contributed by atoms with Gasteiger partial charge in [0.1, 0.15) is 5.75 Å². The quantitative estimate of drug-likeness (QED) is 0.847. The lowest BCUT2D eigenvalue weighted by Crippen LogP contribution is -2.46. The number of aryl methyl sites for hydroxylation is 1. The van der Waals surface area contributed by atoms with Crippen LogP contribution in [0.1, 0.15) is 24.1 Å². The lowest BCUT2D eigenvalue weighted by Gasteiger charge is -2.21. The second-order valence-electron chi connectivity index (χ2n) is 4.36. The fourth-order valence-electron chi connectivity index (χ4n) is 1.66. The van der Waals surface area contributed by atoms with E-state index < -0.39 is 24.3 Å². The zero-order valence-corrected chi connectivity index (χ0v) is 11.2. The Morgan fingerprint density at radius 1 is 1.35 bits per heavy atom. The maximum absolute atomic E-state index is 12.9. The molecule has 112 valence electrons. The number of halogens is 4. The highest BCUT2D eigenvalue weighted by molar-refractivity contribution is 5.84. The van der Waals surface area contributed by atoms with E-state index in [2.05, 4.69) is 0 Å². The molecule has 0 saturated carbocycles. The average Bonchev–Trinajstić information content (AvgIpc) is 2.38. The fourth-order valence-corrected chi connectivity index (χ4v) is 1.66. The number of methoxy groups -OCH3 is 1. The summed E-state index contributed by atoms with van der Waals surface area (Å²) in [6, 6.07) is 4.09. The summed E-state index contributed by atoms with van der Waals surface area (Å²) in [6.45, 7) is 3.18. The molecule has 0 saturated heterocycles. The summed E-state index contributed by atoms with van der Waals surface area (Å²) in [5.41, 5.74) is 1.26. The lowest BCUT2D eigenvalue weighted by atomic mass is 10.0. The zero-order valence-electron chi connectivity index (χ0n) is 11.2. The molecular weight excluding hydrogens is 278 g/mol. The van der Waals surface area contributed by atoms with Crippen LogP contribution in [0, 0.1) is 6.92 Å². The minimum atomic E-state index is -4.72. The number of alkyl halides is 4. The van der Waals surface area contributed by atoms with E-state index in [9.17, 15) is 22.4 Å². The number of carbonyl (C=O) groups excluding carboxylic acids is 1. The highest BCUT2D eigenvalue weighted by atomic mass is 19.3. The standard InChI is InChI=1S/C13H15F4NO2/c1-7-4-5-10(20-3)9(6-7)8(2)18-12(19)13(16,17)11(14)15/h4-6,8,11H,1-3H3,(H,18,19). The molecule has 1 rings (SSSR count). The van der Waals surface area contributed by atoms with Gasteiger partial charge in [-0.05, 0) is 19.9 Å². The van der Waals surface area contributed by atoms with Gasteiger partial charge >= 0.3 is 12.3 Å². The van der Waals surface area contributed by atoms with Gasteiger partial charge in [0.05, 0.1) is 13.2 Å². The largest absolute Gasteiger partial charge is 0.496 e. The van der Waals surface area contributed by atoms with E-state index in [-0.39, 0.29) is 0 Å². The minimum absolute atomic E-state index is 0.378. The van der Waals surface area contributed by atoms with Gasteiger partial charge in [-0.2, -0.15) is 8.78 Å². The molecule has 0 radical (unpaired) electrons. The van der Waals surface area contributed by atoms with Crippen LogP contribution in [0.3, 0.4) is 0 Å². The second kappa shape index (κ2) is 6.11. The van der Waals surface area contributed by atoms with Crippen LogP contribution in [-0.4, -0.2) is 25.4 Å². The van der Waals surface area contributed by atoms with E-state index in [1.165, 1.54) is 14.0 Å². The summed E-state index contributed by atoms with van der Waals surface area (Å²) >= 11 is 0. The molecular formula is C13H15F4NO2. The van der Waals surface area contributed by atoms with Crippen LogP contribution in [0.15, 0.2) is 18.2 Å². The summed E-state index contributed by atoms with van der Waals surface area (Å²) in [4.78, 5) is 11.2. The highest BCUT2D eigenvalue weighted by Gasteiger charge is 2.49. The number of rotatable bonds is 5. The van der Waals surface area contributed by atoms with E-state index in [1.807, 2.05) is 5.32 Å². The SMILES string of the molecule is COc1ccc(C)cc1C(C)NC(=O)C(F)(F)C(F)F. The van der Waals surface area contributed by atoms with Crippen molar-refractivity contribution in [2.24, 2.45) is 0 Å². The minimum Gasteiger partial charge on any atom is -0.496 e. The van der Waals surface area contributed by atoms with Gasteiger partial charge in [0.25, 0.3) is 5.91 Å². The van der Waals surface area contributed by atoms with Gasteiger partial charge in [-0.15, -0.1) is 0 Å². The van der Waals surface area contributed by atoms with Crippen LogP contribution in [0.25, 0.3) is 0 Å². The van der Waals surface area contributed by atoms with E-state index in [1.54, 1.807) is 25.1 Å². The third-order valence-corrected chi connectivity index (χ3v) is 2.78. The van der Waals surface area contributed by atoms with Gasteiger partial charge in [0.15, 0.2) is 0 Å². The number of carbonyl (C=O) groups is 1. The molecule has 1 amide bonds. The van der Waals surface area contributed by atoms with Gasteiger partial charge in [-0.3, -0.25) is 4.79 Å². The summed E-state index contributed by atoms with van der Waals surface area (Å²) in [6.07, 6.45) is -4.05. The van der Waals surface area contributed by atoms with E-state index >= 15 is 0 Å². The highest BCUT2D eigenvalue weighted by Crippen LogP contribution is 2.28. The summed E-state index contributed by atoms with van der Waals surface area (Å²) < 4.78 is 55.0. The topological polar surface area (TPSA) is 38.3 Å². The van der Waals surface area contributed by atoms with Crippen LogP contribution in [0.5, 0.6) is 5.75 Å². The van der Waals surface area contributed by atoms with E-state index in [0.29, 0.717) is 11.3 Å². The van der Waals surface area contributed by atoms with Crippen molar-refractivity contribution < 1.29 is 27.1 Å². The number of nitrogens with one attached hydrogen (secondary N) is 1. The molecule has 0 aliphatic rings. The van der Waals surface area contributed by atoms with Gasteiger partial charge < -0.3 is 10.1 Å². The molecule has 0 aliphatic heterocycles. The van der Waals surface area contributed by atoms with Gasteiger partial charge in [0, 0.05) is 5.56 Å². The third kappa shape index (κ3) is 3.40. The number of amides is 1. The normalized spacial score (nSPS) is 13.2. The van der Waals surface area contributed by atoms with Gasteiger partial charge in [0.2, 0.25) is 0 Å². The van der Waals surface area contributed by atoms with Crippen molar-refractivity contribution in [3.63, 3.8) is 0 Å². The molecule has 0 aliphatic carbocycles. The van der Waals surface area contributed by atoms with Crippen LogP contribution in [0.2, 0.25) is 0 Å². The summed E-state index contributed by atoms with van der Waals surface area (Å²) in [5, 5.41) is 1.87. The van der Waals surface area contributed by atoms with Crippen LogP contribution in [0.4, 0.5) is 17.6 Å². The number of hydrogen-bond acceptors (Lipinski definition) is 2. The molecule has 1 N–H and O–H groups in total. The zero-order chi connectivity index (χ0) is 15.5. The molecule has 1 unspecified atom stereocenters. The Hall–Kier alpha value is -1.79. The first kappa shape index (κ1) is 16.3. The maximum Gasteiger partial charge on any atom is 0.383 e. The Morgan fingerprint density at radius 3 is 2.45 bits per heavy atom. The molecule has 20 heavy (non-hydrogen) atoms. The molecule has 0 aromatic heterocycles. The predicted molar refractivity (Wildman–Crippen MR) is 65.2 cm³/mol. The molecule has 1 aromatic rings. The van der Waals surface area contributed by atoms with Crippen LogP contribution < -0.4 is 10.1 Å². The third-order valence-electron chi connectivity index (χ3n) is 2.78. The van der Waals surface area contributed by atoms with E-state index in [4.69, 9.17) is 4.74 Å². The molecule has 0 spiro atoms. The first-order valence-corrected chi connectivity index (χ1v) is 5.81. The molecule has 0 fully saturated rings. The Balaban J connectivity index is 2.94. The van der Waals surface area contributed by atoms with Crippen molar-refractivity contribution in [1.82, 2.24) is 5.32 Å². The van der Waals surface area contributed by atoms with Crippen molar-refractivity contribution in [3.8, 4) is 5.75 Å². The predicted octanol–water partition coefficient (Wildman–Crippen LogP) is 3.08. The first-order chi connectivity index (χ1) is 9.20. The Morgan fingerprint density at radius 2 is 1.95 bits per heavy atom. The number of ether oxygens (including phenoxy) is 1. The molecule has 0 bridgehead atoms. The Bertz CT molecular complexity index is 491. The van der Waals surface area contributed by atoms with Crippen molar-refractivity contribution >= 4 is 5.91 Å². The molecule has 3 nitrogen and oxygen atoms in total.